The van der Waals surface area contributed by atoms with E-state index in [1.54, 1.807) is 30.7 Å². The maximum Gasteiger partial charge on any atom is 0.224 e. The van der Waals surface area contributed by atoms with Crippen molar-refractivity contribution < 1.29 is 4.39 Å². The quantitative estimate of drug-likeness (QED) is 0.341. The fourth-order valence-electron chi connectivity index (χ4n) is 4.44. The Kier molecular flexibility index (Phi) is 5.50. The number of benzene rings is 1. The fourth-order valence-corrected chi connectivity index (χ4v) is 4.44. The van der Waals surface area contributed by atoms with Gasteiger partial charge in [0.2, 0.25) is 5.95 Å². The van der Waals surface area contributed by atoms with Gasteiger partial charge in [-0.3, -0.25) is 9.55 Å². The Morgan fingerprint density at radius 1 is 0.829 bits per heavy atom. The van der Waals surface area contributed by atoms with E-state index < -0.39 is 0 Å². The Bertz CT molecular complexity index is 1460. The van der Waals surface area contributed by atoms with Gasteiger partial charge in [-0.15, -0.1) is 0 Å². The van der Waals surface area contributed by atoms with Crippen LogP contribution in [-0.2, 0) is 0 Å². The second-order valence-electron chi connectivity index (χ2n) is 8.54. The maximum absolute atomic E-state index is 13.7. The molecule has 0 unspecified atom stereocenters. The number of fused-ring (bicyclic) bond motifs is 1. The summed E-state index contributed by atoms with van der Waals surface area (Å²) < 4.78 is 15.6. The Hall–Kier alpha value is -4.40. The van der Waals surface area contributed by atoms with Crippen molar-refractivity contribution in [1.29, 1.82) is 0 Å². The number of anilines is 3. The summed E-state index contributed by atoms with van der Waals surface area (Å²) in [5.41, 5.74) is 2.97. The van der Waals surface area contributed by atoms with Gasteiger partial charge in [-0.2, -0.15) is 4.98 Å². The van der Waals surface area contributed by atoms with Crippen LogP contribution in [0, 0.1) is 5.82 Å². The van der Waals surface area contributed by atoms with Crippen molar-refractivity contribution in [3.8, 4) is 17.2 Å². The topological polar surface area (TPSA) is 93.4 Å². The molecule has 0 atom stereocenters. The third kappa shape index (κ3) is 4.40. The molecular weight excluding hydrogens is 443 g/mol. The van der Waals surface area contributed by atoms with Crippen LogP contribution in [0.5, 0.6) is 0 Å². The van der Waals surface area contributed by atoms with E-state index in [1.165, 1.54) is 25.0 Å². The van der Waals surface area contributed by atoms with E-state index in [0.717, 1.165) is 29.6 Å². The number of aromatic nitrogens is 6. The van der Waals surface area contributed by atoms with Crippen LogP contribution in [0.4, 0.5) is 21.8 Å². The fraction of sp³-hybridized carbons (Fsp3) is 0.192. The highest BCUT2D eigenvalue weighted by Crippen LogP contribution is 2.29. The molecule has 1 aliphatic rings. The van der Waals surface area contributed by atoms with E-state index in [4.69, 9.17) is 15.0 Å². The number of nitrogens with zero attached hydrogens (tertiary/aromatic N) is 6. The molecule has 5 aromatic rings. The Balaban J connectivity index is 1.45. The predicted molar refractivity (Wildman–Crippen MR) is 133 cm³/mol. The number of hydrogen-bond donors (Lipinski definition) is 2. The Morgan fingerprint density at radius 3 is 2.43 bits per heavy atom. The smallest absolute Gasteiger partial charge is 0.224 e. The van der Waals surface area contributed by atoms with E-state index >= 15 is 0 Å². The van der Waals surface area contributed by atoms with Gasteiger partial charge >= 0.3 is 0 Å². The third-order valence-corrected chi connectivity index (χ3v) is 6.13. The summed E-state index contributed by atoms with van der Waals surface area (Å²) in [5, 5.41) is 6.73. The highest BCUT2D eigenvalue weighted by Gasteiger charge is 2.19. The zero-order valence-corrected chi connectivity index (χ0v) is 18.9. The minimum atomic E-state index is -0.302. The normalized spacial score (nSPS) is 13.9. The first-order valence-electron chi connectivity index (χ1n) is 11.7. The molecule has 0 saturated heterocycles. The molecule has 1 fully saturated rings. The van der Waals surface area contributed by atoms with Crippen LogP contribution in [0.1, 0.15) is 25.7 Å². The molecule has 9 heteroatoms. The van der Waals surface area contributed by atoms with Gasteiger partial charge in [0.15, 0.2) is 5.65 Å². The van der Waals surface area contributed by atoms with Crippen LogP contribution in [0.25, 0.3) is 28.4 Å². The van der Waals surface area contributed by atoms with Crippen molar-refractivity contribution in [2.24, 2.45) is 0 Å². The third-order valence-electron chi connectivity index (χ3n) is 6.13. The minimum Gasteiger partial charge on any atom is -0.351 e. The highest BCUT2D eigenvalue weighted by molar-refractivity contribution is 5.81. The summed E-state index contributed by atoms with van der Waals surface area (Å²) in [6, 6.07) is 16.1. The summed E-state index contributed by atoms with van der Waals surface area (Å²) in [7, 11) is 0. The van der Waals surface area contributed by atoms with Crippen molar-refractivity contribution in [3.05, 3.63) is 79.0 Å². The Morgan fingerprint density at radius 2 is 1.63 bits per heavy atom. The van der Waals surface area contributed by atoms with Crippen LogP contribution in [0.3, 0.4) is 0 Å². The zero-order valence-electron chi connectivity index (χ0n) is 18.9. The second-order valence-corrected chi connectivity index (χ2v) is 8.54. The molecule has 0 radical (unpaired) electrons. The average molecular weight is 467 g/mol. The van der Waals surface area contributed by atoms with Crippen molar-refractivity contribution in [3.63, 3.8) is 0 Å². The summed E-state index contributed by atoms with van der Waals surface area (Å²) in [5.74, 6) is 2.23. The summed E-state index contributed by atoms with van der Waals surface area (Å²) in [6.07, 6.45) is 9.87. The molecular formula is C26H23FN8. The molecule has 1 saturated carbocycles. The molecule has 0 aliphatic heterocycles. The molecule has 1 aliphatic carbocycles. The second kappa shape index (κ2) is 9.09. The van der Waals surface area contributed by atoms with Crippen molar-refractivity contribution >= 4 is 28.6 Å². The lowest BCUT2D eigenvalue weighted by atomic mass is 10.2. The van der Waals surface area contributed by atoms with Crippen LogP contribution >= 0.6 is 0 Å². The zero-order chi connectivity index (χ0) is 23.6. The summed E-state index contributed by atoms with van der Waals surface area (Å²) >= 11 is 0. The molecule has 2 N–H and O–H groups in total. The van der Waals surface area contributed by atoms with Crippen LogP contribution in [-0.4, -0.2) is 35.5 Å². The number of rotatable bonds is 6. The molecule has 4 aromatic heterocycles. The monoisotopic (exact) mass is 466 g/mol. The van der Waals surface area contributed by atoms with Crippen LogP contribution < -0.4 is 10.6 Å². The van der Waals surface area contributed by atoms with Crippen LogP contribution in [0.15, 0.2) is 73.2 Å². The van der Waals surface area contributed by atoms with E-state index in [1.807, 2.05) is 34.9 Å². The summed E-state index contributed by atoms with van der Waals surface area (Å²) in [6.45, 7) is 0. The first-order chi connectivity index (χ1) is 17.2. The number of hydrogen-bond acceptors (Lipinski definition) is 7. The van der Waals surface area contributed by atoms with Gasteiger partial charge in [0.1, 0.15) is 23.3 Å². The van der Waals surface area contributed by atoms with Gasteiger partial charge in [0.05, 0.1) is 5.52 Å². The molecule has 0 bridgehead atoms. The van der Waals surface area contributed by atoms with Gasteiger partial charge in [-0.1, -0.05) is 12.8 Å². The van der Waals surface area contributed by atoms with Gasteiger partial charge in [-0.05, 0) is 67.4 Å². The molecule has 0 amide bonds. The molecule has 8 nitrogen and oxygen atoms in total. The van der Waals surface area contributed by atoms with Gasteiger partial charge in [0.25, 0.3) is 0 Å². The standard InChI is InChI=1S/C26H23FN8/c27-18-7-5-17(6-8-18)25-34-24-21(9-10-22(32-24)30-20-11-14-28-15-12-20)35(25)23-13-16-29-26(33-23)31-19-3-1-2-4-19/h5-16,19H,1-4H2,(H,28,30,32)(H,29,31,33). The number of nitrogens with one attached hydrogen (secondary N) is 2. The van der Waals surface area contributed by atoms with E-state index in [-0.39, 0.29) is 5.82 Å². The molecule has 0 spiro atoms. The molecule has 174 valence electrons. The molecule has 6 rings (SSSR count). The van der Waals surface area contributed by atoms with Crippen molar-refractivity contribution in [1.82, 2.24) is 29.5 Å². The molecule has 1 aromatic carbocycles. The van der Waals surface area contributed by atoms with Gasteiger partial charge < -0.3 is 10.6 Å². The first-order valence-corrected chi connectivity index (χ1v) is 11.7. The first kappa shape index (κ1) is 21.2. The SMILES string of the molecule is Fc1ccc(-c2nc3nc(Nc4ccncc4)ccc3n2-c2ccnc(NC3CCCC3)n2)cc1. The minimum absolute atomic E-state index is 0.302. The molecule has 35 heavy (non-hydrogen) atoms. The van der Waals surface area contributed by atoms with Gasteiger partial charge in [0, 0.05) is 35.9 Å². The lowest BCUT2D eigenvalue weighted by Crippen LogP contribution is -2.17. The maximum atomic E-state index is 13.7. The molecule has 4 heterocycles. The Labute approximate surface area is 201 Å². The summed E-state index contributed by atoms with van der Waals surface area (Å²) in [4.78, 5) is 22.8. The number of pyridine rings is 2. The highest BCUT2D eigenvalue weighted by atomic mass is 19.1. The van der Waals surface area contributed by atoms with Crippen LogP contribution in [0.2, 0.25) is 0 Å². The predicted octanol–water partition coefficient (Wildman–Crippen LogP) is 5.51. The number of imidazole rings is 1. The van der Waals surface area contributed by atoms with Crippen molar-refractivity contribution in [2.45, 2.75) is 31.7 Å². The lowest BCUT2D eigenvalue weighted by Gasteiger charge is -2.14. The van der Waals surface area contributed by atoms with Gasteiger partial charge in [-0.25, -0.2) is 19.3 Å². The lowest BCUT2D eigenvalue weighted by molar-refractivity contribution is 0.628. The number of halogens is 1. The van der Waals surface area contributed by atoms with E-state index in [9.17, 15) is 4.39 Å². The largest absolute Gasteiger partial charge is 0.351 e. The van der Waals surface area contributed by atoms with Crippen molar-refractivity contribution in [2.75, 3.05) is 10.6 Å². The van der Waals surface area contributed by atoms with E-state index in [2.05, 4.69) is 20.6 Å². The van der Waals surface area contributed by atoms with E-state index in [0.29, 0.717) is 35.1 Å². The average Bonchev–Trinajstić information content (AvgIpc) is 3.53.